The molecule has 0 saturated carbocycles. The van der Waals surface area contributed by atoms with Gasteiger partial charge >= 0.3 is 12.0 Å². The molecular weight excluding hydrogens is 312 g/mol. The molecule has 0 heterocycles. The van der Waals surface area contributed by atoms with Crippen LogP contribution in [-0.4, -0.2) is 36.2 Å². The number of phenolic OH excluding ortho intramolecular Hbond substituents is 1. The summed E-state index contributed by atoms with van der Waals surface area (Å²) in [5.41, 5.74) is -0.121. The number of urea groups is 1. The number of benzene rings is 1. The van der Waals surface area contributed by atoms with Crippen LogP contribution >= 0.6 is 11.6 Å². The van der Waals surface area contributed by atoms with Crippen LogP contribution in [0.4, 0.5) is 4.79 Å². The molecule has 7 nitrogen and oxygen atoms in total. The molecule has 0 aliphatic heterocycles. The number of aromatic hydroxyl groups is 1. The van der Waals surface area contributed by atoms with E-state index >= 15 is 0 Å². The highest BCUT2D eigenvalue weighted by Gasteiger charge is 2.15. The van der Waals surface area contributed by atoms with Crippen molar-refractivity contribution < 1.29 is 24.2 Å². The molecule has 0 bridgehead atoms. The fourth-order valence-corrected chi connectivity index (χ4v) is 1.64. The Morgan fingerprint density at radius 3 is 2.68 bits per heavy atom. The van der Waals surface area contributed by atoms with E-state index in [9.17, 15) is 19.5 Å². The van der Waals surface area contributed by atoms with Gasteiger partial charge in [0.1, 0.15) is 11.3 Å². The SMILES string of the molecule is CCCCNC(=O)NC(=O)COC(=O)c1ccc(Cl)cc1O. The van der Waals surface area contributed by atoms with Crippen LogP contribution < -0.4 is 10.6 Å². The second-order valence-corrected chi connectivity index (χ2v) is 4.83. The van der Waals surface area contributed by atoms with Gasteiger partial charge < -0.3 is 15.2 Å². The second-order valence-electron chi connectivity index (χ2n) is 4.40. The van der Waals surface area contributed by atoms with Gasteiger partial charge in [-0.15, -0.1) is 0 Å². The summed E-state index contributed by atoms with van der Waals surface area (Å²) in [6, 6.07) is 3.21. The third-order valence-electron chi connectivity index (χ3n) is 2.58. The zero-order chi connectivity index (χ0) is 16.5. The number of phenols is 1. The molecule has 0 fully saturated rings. The maximum Gasteiger partial charge on any atom is 0.342 e. The Labute approximate surface area is 132 Å². The number of carbonyl (C=O) groups is 3. The molecule has 1 rings (SSSR count). The Morgan fingerprint density at radius 2 is 2.05 bits per heavy atom. The normalized spacial score (nSPS) is 9.91. The summed E-state index contributed by atoms with van der Waals surface area (Å²) in [6.07, 6.45) is 1.71. The topological polar surface area (TPSA) is 105 Å². The van der Waals surface area contributed by atoms with Crippen LogP contribution in [0.15, 0.2) is 18.2 Å². The molecule has 0 radical (unpaired) electrons. The molecule has 1 aromatic rings. The first kappa shape index (κ1) is 17.8. The van der Waals surface area contributed by atoms with Gasteiger partial charge in [-0.1, -0.05) is 24.9 Å². The second kappa shape index (κ2) is 8.89. The number of rotatable bonds is 6. The van der Waals surface area contributed by atoms with Crippen LogP contribution in [0, 0.1) is 0 Å². The maximum atomic E-state index is 11.7. The van der Waals surface area contributed by atoms with Crippen molar-refractivity contribution in [1.82, 2.24) is 10.6 Å². The molecule has 3 amide bonds. The van der Waals surface area contributed by atoms with Crippen molar-refractivity contribution in [3.63, 3.8) is 0 Å². The fourth-order valence-electron chi connectivity index (χ4n) is 1.47. The first-order valence-corrected chi connectivity index (χ1v) is 7.05. The number of imide groups is 1. The van der Waals surface area contributed by atoms with Crippen LogP contribution in [0.1, 0.15) is 30.1 Å². The van der Waals surface area contributed by atoms with E-state index < -0.39 is 24.5 Å². The Morgan fingerprint density at radius 1 is 1.32 bits per heavy atom. The number of hydrogen-bond acceptors (Lipinski definition) is 5. The smallest absolute Gasteiger partial charge is 0.342 e. The maximum absolute atomic E-state index is 11.7. The van der Waals surface area contributed by atoms with E-state index in [4.69, 9.17) is 16.3 Å². The molecule has 22 heavy (non-hydrogen) atoms. The lowest BCUT2D eigenvalue weighted by Crippen LogP contribution is -2.41. The Kier molecular flexibility index (Phi) is 7.18. The van der Waals surface area contributed by atoms with E-state index in [1.165, 1.54) is 18.2 Å². The van der Waals surface area contributed by atoms with Crippen molar-refractivity contribution in [3.8, 4) is 5.75 Å². The third-order valence-corrected chi connectivity index (χ3v) is 2.82. The predicted octanol–water partition coefficient (Wildman–Crippen LogP) is 1.83. The lowest BCUT2D eigenvalue weighted by atomic mass is 10.2. The number of unbranched alkanes of at least 4 members (excludes halogenated alkanes) is 1. The number of nitrogens with one attached hydrogen (secondary N) is 2. The molecule has 1 aromatic carbocycles. The molecule has 8 heteroatoms. The van der Waals surface area contributed by atoms with Gasteiger partial charge in [0, 0.05) is 11.6 Å². The Hall–Kier alpha value is -2.28. The minimum Gasteiger partial charge on any atom is -0.507 e. The molecule has 0 aliphatic carbocycles. The molecule has 120 valence electrons. The van der Waals surface area contributed by atoms with E-state index in [1.54, 1.807) is 0 Å². The monoisotopic (exact) mass is 328 g/mol. The highest BCUT2D eigenvalue weighted by molar-refractivity contribution is 6.30. The van der Waals surface area contributed by atoms with E-state index in [0.717, 1.165) is 12.8 Å². The summed E-state index contributed by atoms with van der Waals surface area (Å²) in [4.78, 5) is 34.4. The summed E-state index contributed by atoms with van der Waals surface area (Å²) in [5, 5.41) is 14.3. The van der Waals surface area contributed by atoms with Gasteiger partial charge in [-0.25, -0.2) is 9.59 Å². The predicted molar refractivity (Wildman–Crippen MR) is 79.8 cm³/mol. The Balaban J connectivity index is 2.40. The van der Waals surface area contributed by atoms with E-state index in [-0.39, 0.29) is 16.3 Å². The van der Waals surface area contributed by atoms with Crippen LogP contribution in [0.5, 0.6) is 5.75 Å². The molecule has 0 spiro atoms. The van der Waals surface area contributed by atoms with Gasteiger partial charge in [0.25, 0.3) is 5.91 Å². The van der Waals surface area contributed by atoms with Crippen LogP contribution in [0.2, 0.25) is 5.02 Å². The summed E-state index contributed by atoms with van der Waals surface area (Å²) in [6.45, 7) is 1.78. The number of amides is 3. The number of halogens is 1. The standard InChI is InChI=1S/C14H17ClN2O5/c1-2-3-6-16-14(21)17-12(19)8-22-13(20)10-5-4-9(15)7-11(10)18/h4-5,7,18H,2-3,6,8H2,1H3,(H2,16,17,19,21). The fraction of sp³-hybridized carbons (Fsp3) is 0.357. The van der Waals surface area contributed by atoms with E-state index in [0.29, 0.717) is 6.54 Å². The van der Waals surface area contributed by atoms with E-state index in [1.807, 2.05) is 12.2 Å². The first-order valence-electron chi connectivity index (χ1n) is 6.67. The highest BCUT2D eigenvalue weighted by atomic mass is 35.5. The minimum atomic E-state index is -0.893. The van der Waals surface area contributed by atoms with Crippen molar-refractivity contribution in [2.24, 2.45) is 0 Å². The molecule has 0 saturated heterocycles. The number of carbonyl (C=O) groups excluding carboxylic acids is 3. The largest absolute Gasteiger partial charge is 0.507 e. The highest BCUT2D eigenvalue weighted by Crippen LogP contribution is 2.22. The quantitative estimate of drug-likeness (QED) is 0.546. The van der Waals surface area contributed by atoms with Crippen molar-refractivity contribution in [3.05, 3.63) is 28.8 Å². The lowest BCUT2D eigenvalue weighted by molar-refractivity contribution is -0.123. The Bertz CT molecular complexity index is 562. The van der Waals surface area contributed by atoms with Crippen molar-refractivity contribution >= 4 is 29.5 Å². The van der Waals surface area contributed by atoms with Crippen molar-refractivity contribution in [2.45, 2.75) is 19.8 Å². The summed E-state index contributed by atoms with van der Waals surface area (Å²) in [5.74, 6) is -2.01. The van der Waals surface area contributed by atoms with Gasteiger partial charge in [0.15, 0.2) is 6.61 Å². The number of hydrogen-bond donors (Lipinski definition) is 3. The third kappa shape index (κ3) is 6.01. The zero-order valence-corrected chi connectivity index (χ0v) is 12.8. The molecule has 0 atom stereocenters. The van der Waals surface area contributed by atoms with Crippen LogP contribution in [0.3, 0.4) is 0 Å². The number of esters is 1. The summed E-state index contributed by atoms with van der Waals surface area (Å²) < 4.78 is 4.70. The minimum absolute atomic E-state index is 0.121. The van der Waals surface area contributed by atoms with Gasteiger partial charge in [-0.2, -0.15) is 0 Å². The number of ether oxygens (including phenoxy) is 1. The van der Waals surface area contributed by atoms with Gasteiger partial charge in [0.05, 0.1) is 0 Å². The van der Waals surface area contributed by atoms with Gasteiger partial charge in [0.2, 0.25) is 0 Å². The molecular formula is C14H17ClN2O5. The van der Waals surface area contributed by atoms with Gasteiger partial charge in [-0.05, 0) is 24.6 Å². The van der Waals surface area contributed by atoms with Crippen molar-refractivity contribution in [2.75, 3.05) is 13.2 Å². The van der Waals surface area contributed by atoms with Gasteiger partial charge in [-0.3, -0.25) is 10.1 Å². The average molecular weight is 329 g/mol. The summed E-state index contributed by atoms with van der Waals surface area (Å²) >= 11 is 5.64. The first-order chi connectivity index (χ1) is 10.4. The molecule has 0 aromatic heterocycles. The molecule has 3 N–H and O–H groups in total. The average Bonchev–Trinajstić information content (AvgIpc) is 2.45. The van der Waals surface area contributed by atoms with E-state index in [2.05, 4.69) is 5.32 Å². The van der Waals surface area contributed by atoms with Crippen LogP contribution in [-0.2, 0) is 9.53 Å². The summed E-state index contributed by atoms with van der Waals surface area (Å²) in [7, 11) is 0. The molecule has 0 unspecified atom stereocenters. The zero-order valence-electron chi connectivity index (χ0n) is 12.0. The lowest BCUT2D eigenvalue weighted by Gasteiger charge is -2.08. The van der Waals surface area contributed by atoms with Crippen LogP contribution in [0.25, 0.3) is 0 Å². The molecule has 0 aliphatic rings. The van der Waals surface area contributed by atoms with Crippen molar-refractivity contribution in [1.29, 1.82) is 0 Å².